The molecule has 5 heteroatoms. The summed E-state index contributed by atoms with van der Waals surface area (Å²) in [5, 5.41) is 7.74. The van der Waals surface area contributed by atoms with Crippen LogP contribution >= 0.6 is 0 Å². The molecule has 0 aliphatic carbocycles. The molecule has 0 fully saturated rings. The van der Waals surface area contributed by atoms with Gasteiger partial charge in [-0.2, -0.15) is 5.10 Å². The summed E-state index contributed by atoms with van der Waals surface area (Å²) in [6.07, 6.45) is 5.66. The Morgan fingerprint density at radius 1 is 1.32 bits per heavy atom. The van der Waals surface area contributed by atoms with Crippen LogP contribution < -0.4 is 10.1 Å². The van der Waals surface area contributed by atoms with Gasteiger partial charge in [0.15, 0.2) is 0 Å². The second-order valence-electron chi connectivity index (χ2n) is 4.58. The molecule has 0 saturated carbocycles. The first kappa shape index (κ1) is 13.5. The van der Waals surface area contributed by atoms with Gasteiger partial charge < -0.3 is 10.1 Å². The summed E-state index contributed by atoms with van der Waals surface area (Å²) in [4.78, 5) is 4.23. The number of aryl methyl sites for hydroxylation is 1. The van der Waals surface area contributed by atoms with E-state index in [0.717, 1.165) is 18.5 Å². The Morgan fingerprint density at radius 2 is 2.16 bits per heavy atom. The molecule has 0 saturated heterocycles. The highest BCUT2D eigenvalue weighted by molar-refractivity contribution is 5.19. The molecule has 0 amide bonds. The van der Waals surface area contributed by atoms with Crippen LogP contribution in [0.25, 0.3) is 0 Å². The first-order valence-corrected chi connectivity index (χ1v) is 6.36. The Labute approximate surface area is 113 Å². The first-order chi connectivity index (χ1) is 9.21. The minimum Gasteiger partial charge on any atom is -0.481 e. The van der Waals surface area contributed by atoms with Crippen molar-refractivity contribution in [2.75, 3.05) is 14.2 Å². The molecule has 102 valence electrons. The average molecular weight is 260 g/mol. The van der Waals surface area contributed by atoms with Crippen LogP contribution in [0.2, 0.25) is 0 Å². The first-order valence-electron chi connectivity index (χ1n) is 6.36. The third-order valence-corrected chi connectivity index (χ3v) is 3.12. The van der Waals surface area contributed by atoms with E-state index in [4.69, 9.17) is 4.74 Å². The van der Waals surface area contributed by atoms with Gasteiger partial charge in [-0.25, -0.2) is 4.98 Å². The number of hydrogen-bond donors (Lipinski definition) is 1. The maximum atomic E-state index is 5.06. The van der Waals surface area contributed by atoms with Crippen molar-refractivity contribution in [3.8, 4) is 5.88 Å². The molecule has 2 aromatic rings. The number of pyridine rings is 1. The van der Waals surface area contributed by atoms with Crippen LogP contribution in [0, 0.1) is 0 Å². The number of nitrogens with one attached hydrogen (secondary N) is 1. The molecule has 1 atom stereocenters. The Kier molecular flexibility index (Phi) is 4.52. The van der Waals surface area contributed by atoms with Crippen LogP contribution in [0.1, 0.15) is 11.3 Å². The third kappa shape index (κ3) is 3.79. The van der Waals surface area contributed by atoms with Crippen molar-refractivity contribution in [3.63, 3.8) is 0 Å². The monoisotopic (exact) mass is 260 g/mol. The summed E-state index contributed by atoms with van der Waals surface area (Å²) in [5.74, 6) is 0.648. The molecular formula is C14H20N4O. The molecule has 2 aromatic heterocycles. The molecule has 0 radical (unpaired) electrons. The average Bonchev–Trinajstić information content (AvgIpc) is 2.84. The summed E-state index contributed by atoms with van der Waals surface area (Å²) in [5.41, 5.74) is 2.29. The number of methoxy groups -OCH3 is 1. The van der Waals surface area contributed by atoms with E-state index >= 15 is 0 Å². The summed E-state index contributed by atoms with van der Waals surface area (Å²) in [6, 6.07) is 6.35. The second kappa shape index (κ2) is 6.33. The van der Waals surface area contributed by atoms with Gasteiger partial charge in [-0.1, -0.05) is 6.07 Å². The molecular weight excluding hydrogens is 240 g/mol. The topological polar surface area (TPSA) is 52.0 Å². The van der Waals surface area contributed by atoms with E-state index in [1.807, 2.05) is 37.2 Å². The Morgan fingerprint density at radius 3 is 2.68 bits per heavy atom. The zero-order chi connectivity index (χ0) is 13.7. The molecule has 5 nitrogen and oxygen atoms in total. The van der Waals surface area contributed by atoms with Crippen LogP contribution in [0.15, 0.2) is 30.6 Å². The maximum absolute atomic E-state index is 5.06. The Bertz CT molecular complexity index is 506. The zero-order valence-electron chi connectivity index (χ0n) is 11.6. The Hall–Kier alpha value is -1.88. The lowest BCUT2D eigenvalue weighted by molar-refractivity contribution is 0.397. The maximum Gasteiger partial charge on any atom is 0.212 e. The van der Waals surface area contributed by atoms with Crippen molar-refractivity contribution >= 4 is 0 Å². The predicted octanol–water partition coefficient (Wildman–Crippen LogP) is 1.20. The molecule has 19 heavy (non-hydrogen) atoms. The van der Waals surface area contributed by atoms with Gasteiger partial charge in [0.25, 0.3) is 0 Å². The molecule has 1 N–H and O–H groups in total. The van der Waals surface area contributed by atoms with E-state index < -0.39 is 0 Å². The van der Waals surface area contributed by atoms with Gasteiger partial charge in [0.05, 0.1) is 12.8 Å². The zero-order valence-corrected chi connectivity index (χ0v) is 11.6. The van der Waals surface area contributed by atoms with Crippen molar-refractivity contribution < 1.29 is 4.74 Å². The van der Waals surface area contributed by atoms with Crippen LogP contribution in [0.5, 0.6) is 5.88 Å². The third-order valence-electron chi connectivity index (χ3n) is 3.12. The van der Waals surface area contributed by atoms with Gasteiger partial charge >= 0.3 is 0 Å². The fraction of sp³-hybridized carbons (Fsp3) is 0.429. The molecule has 0 aromatic carbocycles. The SMILES string of the molecule is CNC(Cc1ccc(OC)nc1)Cc1ccn(C)n1. The van der Waals surface area contributed by atoms with Gasteiger partial charge in [0.2, 0.25) is 5.88 Å². The Balaban J connectivity index is 1.97. The smallest absolute Gasteiger partial charge is 0.212 e. The largest absolute Gasteiger partial charge is 0.481 e. The molecule has 0 bridgehead atoms. The second-order valence-corrected chi connectivity index (χ2v) is 4.58. The fourth-order valence-electron chi connectivity index (χ4n) is 2.04. The van der Waals surface area contributed by atoms with E-state index in [-0.39, 0.29) is 0 Å². The van der Waals surface area contributed by atoms with Gasteiger partial charge in [-0.3, -0.25) is 4.68 Å². The quantitative estimate of drug-likeness (QED) is 0.848. The fourth-order valence-corrected chi connectivity index (χ4v) is 2.04. The standard InChI is InChI=1S/C14H20N4O/c1-15-13(9-12-6-7-18(2)17-12)8-11-4-5-14(19-3)16-10-11/h4-7,10,13,15H,8-9H2,1-3H3. The van der Waals surface area contributed by atoms with Crippen molar-refractivity contribution in [3.05, 3.63) is 41.9 Å². The van der Waals surface area contributed by atoms with E-state index in [0.29, 0.717) is 11.9 Å². The molecule has 2 rings (SSSR count). The number of rotatable bonds is 6. The number of aromatic nitrogens is 3. The van der Waals surface area contributed by atoms with Crippen molar-refractivity contribution in [2.45, 2.75) is 18.9 Å². The lowest BCUT2D eigenvalue weighted by atomic mass is 10.0. The van der Waals surface area contributed by atoms with Crippen LogP contribution in [-0.2, 0) is 19.9 Å². The number of hydrogen-bond acceptors (Lipinski definition) is 4. The summed E-state index contributed by atoms with van der Waals surface area (Å²) in [7, 11) is 5.54. The summed E-state index contributed by atoms with van der Waals surface area (Å²) < 4.78 is 6.89. The highest BCUT2D eigenvalue weighted by Gasteiger charge is 2.10. The molecule has 1 unspecified atom stereocenters. The number of ether oxygens (including phenoxy) is 1. The summed E-state index contributed by atoms with van der Waals surface area (Å²) in [6.45, 7) is 0. The highest BCUT2D eigenvalue weighted by Crippen LogP contribution is 2.10. The van der Waals surface area contributed by atoms with Crippen LogP contribution in [0.3, 0.4) is 0 Å². The molecule has 0 spiro atoms. The number of likely N-dealkylation sites (N-methyl/N-ethyl adjacent to an activating group) is 1. The molecule has 0 aliphatic heterocycles. The van der Waals surface area contributed by atoms with E-state index in [1.165, 1.54) is 5.56 Å². The van der Waals surface area contributed by atoms with E-state index in [1.54, 1.807) is 7.11 Å². The highest BCUT2D eigenvalue weighted by atomic mass is 16.5. The van der Waals surface area contributed by atoms with Gasteiger partial charge in [-0.15, -0.1) is 0 Å². The van der Waals surface area contributed by atoms with Crippen molar-refractivity contribution in [1.82, 2.24) is 20.1 Å². The normalized spacial score (nSPS) is 12.4. The number of nitrogens with zero attached hydrogens (tertiary/aromatic N) is 3. The van der Waals surface area contributed by atoms with Crippen molar-refractivity contribution in [2.24, 2.45) is 7.05 Å². The van der Waals surface area contributed by atoms with E-state index in [9.17, 15) is 0 Å². The predicted molar refractivity (Wildman–Crippen MR) is 74.3 cm³/mol. The minimum atomic E-state index is 0.352. The van der Waals surface area contributed by atoms with Crippen LogP contribution in [-0.4, -0.2) is 35.0 Å². The lowest BCUT2D eigenvalue weighted by Crippen LogP contribution is -2.30. The molecule has 0 aliphatic rings. The van der Waals surface area contributed by atoms with Crippen LogP contribution in [0.4, 0.5) is 0 Å². The van der Waals surface area contributed by atoms with Crippen molar-refractivity contribution in [1.29, 1.82) is 0 Å². The molecule has 2 heterocycles. The summed E-state index contributed by atoms with van der Waals surface area (Å²) >= 11 is 0. The van der Waals surface area contributed by atoms with E-state index in [2.05, 4.69) is 27.5 Å². The lowest BCUT2D eigenvalue weighted by Gasteiger charge is -2.14. The van der Waals surface area contributed by atoms with Gasteiger partial charge in [0, 0.05) is 38.0 Å². The minimum absolute atomic E-state index is 0.352. The van der Waals surface area contributed by atoms with Gasteiger partial charge in [-0.05, 0) is 25.1 Å². The van der Waals surface area contributed by atoms with Gasteiger partial charge in [0.1, 0.15) is 0 Å².